The zero-order chi connectivity index (χ0) is 15.6. The van der Waals surface area contributed by atoms with Gasteiger partial charge in [0, 0.05) is 24.5 Å². The van der Waals surface area contributed by atoms with Crippen molar-refractivity contribution in [1.29, 1.82) is 0 Å². The standard InChI is InChI=1S/C15H11Br3O3/c1-20-13-6-10(12(18)7-14(13)21-2)15(19)9-5-8(16)3-4-11(9)17/h3-7H,1-2H3. The summed E-state index contributed by atoms with van der Waals surface area (Å²) in [6.45, 7) is 0. The summed E-state index contributed by atoms with van der Waals surface area (Å²) in [6.07, 6.45) is 0. The normalized spacial score (nSPS) is 10.3. The number of benzene rings is 2. The Kier molecular flexibility index (Phi) is 5.46. The van der Waals surface area contributed by atoms with E-state index in [0.717, 1.165) is 8.95 Å². The van der Waals surface area contributed by atoms with Crippen molar-refractivity contribution in [3.63, 3.8) is 0 Å². The van der Waals surface area contributed by atoms with E-state index >= 15 is 0 Å². The molecule has 0 unspecified atom stereocenters. The van der Waals surface area contributed by atoms with Crippen molar-refractivity contribution in [2.24, 2.45) is 0 Å². The van der Waals surface area contributed by atoms with Gasteiger partial charge in [0.25, 0.3) is 0 Å². The first kappa shape index (κ1) is 16.5. The number of methoxy groups -OCH3 is 2. The Bertz CT molecular complexity index is 699. The molecule has 0 aliphatic rings. The van der Waals surface area contributed by atoms with E-state index in [9.17, 15) is 4.79 Å². The van der Waals surface area contributed by atoms with E-state index in [1.807, 2.05) is 12.1 Å². The lowest BCUT2D eigenvalue weighted by Crippen LogP contribution is -2.05. The number of carbonyl (C=O) groups is 1. The van der Waals surface area contributed by atoms with E-state index in [-0.39, 0.29) is 5.78 Å². The van der Waals surface area contributed by atoms with Crippen molar-refractivity contribution in [2.45, 2.75) is 0 Å². The zero-order valence-corrected chi connectivity index (χ0v) is 16.0. The van der Waals surface area contributed by atoms with Gasteiger partial charge in [0.05, 0.1) is 14.2 Å². The second kappa shape index (κ2) is 6.94. The van der Waals surface area contributed by atoms with Gasteiger partial charge in [0.15, 0.2) is 17.3 Å². The van der Waals surface area contributed by atoms with Gasteiger partial charge in [0.2, 0.25) is 0 Å². The maximum Gasteiger partial charge on any atom is 0.195 e. The van der Waals surface area contributed by atoms with Crippen LogP contribution in [0.5, 0.6) is 11.5 Å². The summed E-state index contributed by atoms with van der Waals surface area (Å²) in [5, 5.41) is 0. The third-order valence-corrected chi connectivity index (χ3v) is 4.73. The smallest absolute Gasteiger partial charge is 0.195 e. The van der Waals surface area contributed by atoms with Crippen LogP contribution in [0.25, 0.3) is 0 Å². The minimum atomic E-state index is -0.115. The second-order valence-corrected chi connectivity index (χ2v) is 6.76. The molecule has 0 bridgehead atoms. The van der Waals surface area contributed by atoms with Gasteiger partial charge in [-0.15, -0.1) is 0 Å². The highest BCUT2D eigenvalue weighted by Crippen LogP contribution is 2.35. The summed E-state index contributed by atoms with van der Waals surface area (Å²) in [6, 6.07) is 8.85. The molecule has 0 spiro atoms. The van der Waals surface area contributed by atoms with E-state index in [4.69, 9.17) is 9.47 Å². The van der Waals surface area contributed by atoms with E-state index in [1.54, 1.807) is 25.3 Å². The van der Waals surface area contributed by atoms with Crippen LogP contribution in [0.2, 0.25) is 0 Å². The van der Waals surface area contributed by atoms with Gasteiger partial charge in [0.1, 0.15) is 0 Å². The van der Waals surface area contributed by atoms with Crippen LogP contribution in [-0.4, -0.2) is 20.0 Å². The van der Waals surface area contributed by atoms with Gasteiger partial charge in [-0.1, -0.05) is 31.9 Å². The highest BCUT2D eigenvalue weighted by atomic mass is 79.9. The van der Waals surface area contributed by atoms with Crippen LogP contribution in [-0.2, 0) is 0 Å². The van der Waals surface area contributed by atoms with Gasteiger partial charge in [-0.25, -0.2) is 0 Å². The van der Waals surface area contributed by atoms with Gasteiger partial charge in [-0.05, 0) is 46.3 Å². The molecule has 0 atom stereocenters. The number of ether oxygens (including phenoxy) is 2. The van der Waals surface area contributed by atoms with E-state index in [2.05, 4.69) is 47.8 Å². The first-order valence-electron chi connectivity index (χ1n) is 5.89. The third-order valence-electron chi connectivity index (χ3n) is 2.89. The third kappa shape index (κ3) is 3.49. The average Bonchev–Trinajstić information content (AvgIpc) is 2.48. The van der Waals surface area contributed by atoms with Crippen molar-refractivity contribution in [3.05, 3.63) is 54.9 Å². The van der Waals surface area contributed by atoms with Crippen LogP contribution in [0, 0.1) is 0 Å². The Hall–Kier alpha value is -0.850. The maximum absolute atomic E-state index is 12.7. The fraction of sp³-hybridized carbons (Fsp3) is 0.133. The number of rotatable bonds is 4. The number of hydrogen-bond acceptors (Lipinski definition) is 3. The molecule has 2 aromatic carbocycles. The van der Waals surface area contributed by atoms with Gasteiger partial charge in [-0.3, -0.25) is 4.79 Å². The van der Waals surface area contributed by atoms with E-state index in [0.29, 0.717) is 27.1 Å². The number of halogens is 3. The van der Waals surface area contributed by atoms with Crippen LogP contribution in [0.1, 0.15) is 15.9 Å². The Labute approximate surface area is 148 Å². The van der Waals surface area contributed by atoms with Crippen LogP contribution < -0.4 is 9.47 Å². The van der Waals surface area contributed by atoms with Gasteiger partial charge in [-0.2, -0.15) is 0 Å². The van der Waals surface area contributed by atoms with Crippen molar-refractivity contribution in [1.82, 2.24) is 0 Å². The maximum atomic E-state index is 12.7. The molecule has 21 heavy (non-hydrogen) atoms. The Morgan fingerprint density at radius 2 is 1.43 bits per heavy atom. The monoisotopic (exact) mass is 476 g/mol. The largest absolute Gasteiger partial charge is 0.493 e. The predicted molar refractivity (Wildman–Crippen MR) is 92.5 cm³/mol. The van der Waals surface area contributed by atoms with Crippen LogP contribution >= 0.6 is 47.8 Å². The summed E-state index contributed by atoms with van der Waals surface area (Å²) in [7, 11) is 3.09. The molecule has 0 saturated heterocycles. The SMILES string of the molecule is COc1cc(Br)c(C(=O)c2cc(Br)ccc2Br)cc1OC. The summed E-state index contributed by atoms with van der Waals surface area (Å²) in [5.74, 6) is 0.959. The molecule has 0 aliphatic carbocycles. The number of hydrogen-bond donors (Lipinski definition) is 0. The Morgan fingerprint density at radius 1 is 0.857 bits per heavy atom. The zero-order valence-electron chi connectivity index (χ0n) is 11.2. The molecule has 0 fully saturated rings. The minimum absolute atomic E-state index is 0.115. The molecule has 0 heterocycles. The molecular formula is C15H11Br3O3. The number of ketones is 1. The quantitative estimate of drug-likeness (QED) is 0.565. The highest BCUT2D eigenvalue weighted by Gasteiger charge is 2.19. The molecule has 0 radical (unpaired) electrons. The summed E-state index contributed by atoms with van der Waals surface area (Å²) in [5.41, 5.74) is 1.07. The fourth-order valence-electron chi connectivity index (χ4n) is 1.84. The number of carbonyl (C=O) groups excluding carboxylic acids is 1. The molecule has 2 aromatic rings. The van der Waals surface area contributed by atoms with E-state index < -0.39 is 0 Å². The topological polar surface area (TPSA) is 35.5 Å². The van der Waals surface area contributed by atoms with Crippen LogP contribution in [0.4, 0.5) is 0 Å². The van der Waals surface area contributed by atoms with Crippen molar-refractivity contribution < 1.29 is 14.3 Å². The summed E-state index contributed by atoms with van der Waals surface area (Å²) in [4.78, 5) is 12.7. The molecule has 0 aromatic heterocycles. The van der Waals surface area contributed by atoms with Crippen molar-refractivity contribution in [3.8, 4) is 11.5 Å². The molecule has 0 N–H and O–H groups in total. The molecule has 2 rings (SSSR count). The molecule has 0 aliphatic heterocycles. The van der Waals surface area contributed by atoms with Gasteiger partial charge < -0.3 is 9.47 Å². The lowest BCUT2D eigenvalue weighted by molar-refractivity contribution is 0.103. The Morgan fingerprint density at radius 3 is 2.05 bits per heavy atom. The molecule has 0 amide bonds. The van der Waals surface area contributed by atoms with Crippen molar-refractivity contribution >= 4 is 53.6 Å². The summed E-state index contributed by atoms with van der Waals surface area (Å²) < 4.78 is 12.7. The van der Waals surface area contributed by atoms with Crippen LogP contribution in [0.3, 0.4) is 0 Å². The molecule has 6 heteroatoms. The first-order chi connectivity index (χ1) is 9.97. The Balaban J connectivity index is 2.55. The molecule has 3 nitrogen and oxygen atoms in total. The average molecular weight is 479 g/mol. The second-order valence-electron chi connectivity index (χ2n) is 4.14. The lowest BCUT2D eigenvalue weighted by atomic mass is 10.0. The highest BCUT2D eigenvalue weighted by molar-refractivity contribution is 9.11. The molecule has 110 valence electrons. The van der Waals surface area contributed by atoms with E-state index in [1.165, 1.54) is 7.11 Å². The lowest BCUT2D eigenvalue weighted by Gasteiger charge is -2.12. The molecular weight excluding hydrogens is 468 g/mol. The summed E-state index contributed by atoms with van der Waals surface area (Å²) >= 11 is 10.2. The van der Waals surface area contributed by atoms with Crippen molar-refractivity contribution in [2.75, 3.05) is 14.2 Å². The minimum Gasteiger partial charge on any atom is -0.493 e. The predicted octanol–water partition coefficient (Wildman–Crippen LogP) is 5.22. The fourth-order valence-corrected chi connectivity index (χ4v) is 3.13. The van der Waals surface area contributed by atoms with Gasteiger partial charge >= 0.3 is 0 Å². The first-order valence-corrected chi connectivity index (χ1v) is 8.27. The molecule has 0 saturated carbocycles. The van der Waals surface area contributed by atoms with Crippen LogP contribution in [0.15, 0.2) is 43.7 Å².